The summed E-state index contributed by atoms with van der Waals surface area (Å²) in [5, 5.41) is 3.10. The number of nitrogens with zero attached hydrogens (tertiary/aromatic N) is 2. The zero-order chi connectivity index (χ0) is 29.6. The maximum atomic E-state index is 12.9. The zero-order valence-electron chi connectivity index (χ0n) is 24.7. The minimum absolute atomic E-state index is 0.0983. The molecular weight excluding hydrogens is 530 g/mol. The summed E-state index contributed by atoms with van der Waals surface area (Å²) in [6, 6.07) is 15.1. The van der Waals surface area contributed by atoms with Crippen molar-refractivity contribution < 1.29 is 18.8 Å². The molecule has 2 fully saturated rings. The SMILES string of the molecule is CCCCC(C)c1ccc2oc(C(=O)NCC(=O)N3CCC(c4ccccc4CN4CCCC4=O)CC3)cc(=O)c2c1. The minimum atomic E-state index is -0.581. The van der Waals surface area contributed by atoms with Gasteiger partial charge in [0.2, 0.25) is 11.8 Å². The van der Waals surface area contributed by atoms with Crippen molar-refractivity contribution in [3.8, 4) is 0 Å². The molecule has 3 heterocycles. The first-order valence-corrected chi connectivity index (χ1v) is 15.3. The Bertz CT molecular complexity index is 1500. The number of fused-ring (bicyclic) bond motifs is 1. The molecule has 3 aromatic rings. The monoisotopic (exact) mass is 571 g/mol. The van der Waals surface area contributed by atoms with Crippen LogP contribution in [-0.4, -0.2) is 53.7 Å². The summed E-state index contributed by atoms with van der Waals surface area (Å²) < 4.78 is 5.76. The fourth-order valence-electron chi connectivity index (χ4n) is 6.22. The van der Waals surface area contributed by atoms with E-state index in [1.54, 1.807) is 11.0 Å². The number of piperidine rings is 1. The third-order valence-corrected chi connectivity index (χ3v) is 8.81. The van der Waals surface area contributed by atoms with Crippen molar-refractivity contribution in [3.05, 3.63) is 81.2 Å². The van der Waals surface area contributed by atoms with E-state index in [-0.39, 0.29) is 29.5 Å². The fraction of sp³-hybridized carbons (Fsp3) is 0.471. The molecule has 2 saturated heterocycles. The minimum Gasteiger partial charge on any atom is -0.451 e. The number of hydrogen-bond donors (Lipinski definition) is 1. The van der Waals surface area contributed by atoms with E-state index in [0.717, 1.165) is 50.6 Å². The lowest BCUT2D eigenvalue weighted by Crippen LogP contribution is -2.44. The third kappa shape index (κ3) is 6.75. The van der Waals surface area contributed by atoms with E-state index in [9.17, 15) is 19.2 Å². The summed E-state index contributed by atoms with van der Waals surface area (Å²) in [7, 11) is 0. The van der Waals surface area contributed by atoms with Gasteiger partial charge in [-0.05, 0) is 66.3 Å². The van der Waals surface area contributed by atoms with Crippen LogP contribution in [0.15, 0.2) is 57.7 Å². The highest BCUT2D eigenvalue weighted by molar-refractivity contribution is 5.95. The van der Waals surface area contributed by atoms with Gasteiger partial charge >= 0.3 is 0 Å². The van der Waals surface area contributed by atoms with Gasteiger partial charge < -0.3 is 19.5 Å². The van der Waals surface area contributed by atoms with E-state index in [1.807, 2.05) is 29.2 Å². The van der Waals surface area contributed by atoms with Crippen LogP contribution >= 0.6 is 0 Å². The van der Waals surface area contributed by atoms with Gasteiger partial charge in [-0.15, -0.1) is 0 Å². The van der Waals surface area contributed by atoms with Crippen LogP contribution in [0, 0.1) is 0 Å². The maximum Gasteiger partial charge on any atom is 0.287 e. The summed E-state index contributed by atoms with van der Waals surface area (Å²) in [5.74, 6) is 0.0352. The van der Waals surface area contributed by atoms with E-state index in [0.29, 0.717) is 48.9 Å². The van der Waals surface area contributed by atoms with Crippen LogP contribution in [-0.2, 0) is 16.1 Å². The average molecular weight is 572 g/mol. The molecule has 222 valence electrons. The second-order valence-electron chi connectivity index (χ2n) is 11.7. The molecule has 5 rings (SSSR count). The molecule has 1 N–H and O–H groups in total. The molecule has 2 aliphatic heterocycles. The van der Waals surface area contributed by atoms with Crippen LogP contribution in [0.2, 0.25) is 0 Å². The van der Waals surface area contributed by atoms with Crippen molar-refractivity contribution in [1.29, 1.82) is 0 Å². The summed E-state index contributed by atoms with van der Waals surface area (Å²) in [5.41, 5.74) is 3.62. The van der Waals surface area contributed by atoms with Crippen molar-refractivity contribution in [2.45, 2.75) is 77.2 Å². The van der Waals surface area contributed by atoms with Crippen molar-refractivity contribution >= 4 is 28.7 Å². The molecule has 1 atom stereocenters. The summed E-state index contributed by atoms with van der Waals surface area (Å²) in [6.45, 7) is 6.80. The molecule has 2 aliphatic rings. The molecule has 0 saturated carbocycles. The Kier molecular flexibility index (Phi) is 9.40. The van der Waals surface area contributed by atoms with Gasteiger partial charge in [-0.2, -0.15) is 0 Å². The number of benzene rings is 2. The van der Waals surface area contributed by atoms with Crippen molar-refractivity contribution in [2.24, 2.45) is 0 Å². The predicted octanol–water partition coefficient (Wildman–Crippen LogP) is 5.35. The molecule has 0 radical (unpaired) electrons. The highest BCUT2D eigenvalue weighted by Gasteiger charge is 2.27. The highest BCUT2D eigenvalue weighted by Crippen LogP contribution is 2.32. The number of unbranched alkanes of at least 4 members (excludes halogenated alkanes) is 1. The van der Waals surface area contributed by atoms with Crippen molar-refractivity contribution in [2.75, 3.05) is 26.2 Å². The summed E-state index contributed by atoms with van der Waals surface area (Å²) >= 11 is 0. The normalized spacial score (nSPS) is 16.7. The summed E-state index contributed by atoms with van der Waals surface area (Å²) in [4.78, 5) is 54.5. The number of hydrogen-bond acceptors (Lipinski definition) is 5. The molecule has 0 spiro atoms. The fourth-order valence-corrected chi connectivity index (χ4v) is 6.22. The average Bonchev–Trinajstić information content (AvgIpc) is 3.42. The summed E-state index contributed by atoms with van der Waals surface area (Å²) in [6.07, 6.45) is 6.49. The van der Waals surface area contributed by atoms with E-state index >= 15 is 0 Å². The first-order chi connectivity index (χ1) is 20.3. The molecule has 1 unspecified atom stereocenters. The molecule has 8 nitrogen and oxygen atoms in total. The van der Waals surface area contributed by atoms with E-state index in [1.165, 1.54) is 17.2 Å². The van der Waals surface area contributed by atoms with Crippen LogP contribution in [0.25, 0.3) is 11.0 Å². The Labute approximate surface area is 247 Å². The molecule has 3 amide bonds. The number of amides is 3. The van der Waals surface area contributed by atoms with Crippen LogP contribution < -0.4 is 10.7 Å². The van der Waals surface area contributed by atoms with E-state index in [4.69, 9.17) is 4.42 Å². The van der Waals surface area contributed by atoms with Gasteiger partial charge in [0.05, 0.1) is 11.9 Å². The highest BCUT2D eigenvalue weighted by atomic mass is 16.3. The standard InChI is InChI=1S/C34H41N3O5/c1-3-4-8-23(2)25-12-13-30-28(19-25)29(38)20-31(42-30)34(41)35-21-33(40)36-17-14-24(15-18-36)27-10-6-5-9-26(27)22-37-16-7-11-32(37)39/h5-6,9-10,12-13,19-20,23-24H,3-4,7-8,11,14-18,21-22H2,1-2H3,(H,35,41). The van der Waals surface area contributed by atoms with Crippen LogP contribution in [0.4, 0.5) is 0 Å². The number of nitrogens with one attached hydrogen (secondary N) is 1. The topological polar surface area (TPSA) is 99.9 Å². The van der Waals surface area contributed by atoms with Gasteiger partial charge in [0.15, 0.2) is 11.2 Å². The number of likely N-dealkylation sites (tertiary alicyclic amines) is 2. The second-order valence-corrected chi connectivity index (χ2v) is 11.7. The van der Waals surface area contributed by atoms with E-state index in [2.05, 4.69) is 31.3 Å². The predicted molar refractivity (Wildman–Crippen MR) is 162 cm³/mol. The molecule has 8 heteroatoms. The Morgan fingerprint density at radius 1 is 1.05 bits per heavy atom. The molecule has 2 aromatic carbocycles. The number of carbonyl (C=O) groups excluding carboxylic acids is 3. The number of carbonyl (C=O) groups is 3. The van der Waals surface area contributed by atoms with Crippen molar-refractivity contribution in [1.82, 2.24) is 15.1 Å². The number of rotatable bonds is 10. The van der Waals surface area contributed by atoms with Crippen LogP contribution in [0.1, 0.15) is 97.9 Å². The van der Waals surface area contributed by atoms with Gasteiger partial charge in [-0.25, -0.2) is 0 Å². The Morgan fingerprint density at radius 3 is 2.57 bits per heavy atom. The van der Waals surface area contributed by atoms with Gasteiger partial charge in [-0.1, -0.05) is 57.0 Å². The Hall–Kier alpha value is -3.94. The first kappa shape index (κ1) is 29.5. The van der Waals surface area contributed by atoms with Crippen LogP contribution in [0.5, 0.6) is 0 Å². The van der Waals surface area contributed by atoms with Crippen LogP contribution in [0.3, 0.4) is 0 Å². The smallest absolute Gasteiger partial charge is 0.287 e. The maximum absolute atomic E-state index is 12.9. The lowest BCUT2D eigenvalue weighted by atomic mass is 9.86. The molecular formula is C34H41N3O5. The van der Waals surface area contributed by atoms with E-state index < -0.39 is 5.91 Å². The third-order valence-electron chi connectivity index (χ3n) is 8.81. The molecule has 42 heavy (non-hydrogen) atoms. The largest absolute Gasteiger partial charge is 0.451 e. The second kappa shape index (κ2) is 13.4. The Balaban J connectivity index is 1.15. The van der Waals surface area contributed by atoms with Gasteiger partial charge in [0, 0.05) is 38.7 Å². The van der Waals surface area contributed by atoms with Gasteiger partial charge in [0.25, 0.3) is 5.91 Å². The van der Waals surface area contributed by atoms with Crippen molar-refractivity contribution in [3.63, 3.8) is 0 Å². The molecule has 0 aliphatic carbocycles. The van der Waals surface area contributed by atoms with Gasteiger partial charge in [-0.3, -0.25) is 19.2 Å². The first-order valence-electron chi connectivity index (χ1n) is 15.3. The lowest BCUT2D eigenvalue weighted by Gasteiger charge is -2.33. The molecule has 1 aromatic heterocycles. The quantitative estimate of drug-likeness (QED) is 0.354. The van der Waals surface area contributed by atoms with Gasteiger partial charge in [0.1, 0.15) is 5.58 Å². The molecule has 0 bridgehead atoms. The lowest BCUT2D eigenvalue weighted by molar-refractivity contribution is -0.131. The Morgan fingerprint density at radius 2 is 1.83 bits per heavy atom. The zero-order valence-corrected chi connectivity index (χ0v) is 24.7.